The number of nitrogens with zero attached hydrogens (tertiary/aromatic N) is 3. The summed E-state index contributed by atoms with van der Waals surface area (Å²) in [5, 5.41) is 14.8. The Morgan fingerprint density at radius 2 is 2.33 bits per heavy atom. The van der Waals surface area contributed by atoms with Crippen molar-refractivity contribution in [3.63, 3.8) is 0 Å². The molecule has 2 aromatic rings. The maximum absolute atomic E-state index is 11.3. The number of aromatic amines is 1. The summed E-state index contributed by atoms with van der Waals surface area (Å²) < 4.78 is 1.37. The number of pyridine rings is 1. The number of nitrogens with two attached hydrogens (primary N) is 1. The molecule has 0 aliphatic carbocycles. The van der Waals surface area contributed by atoms with Gasteiger partial charge in [0.25, 0.3) is 0 Å². The van der Waals surface area contributed by atoms with Gasteiger partial charge >= 0.3 is 5.69 Å². The van der Waals surface area contributed by atoms with Gasteiger partial charge in [0.2, 0.25) is 0 Å². The normalized spacial score (nSPS) is 10.6. The first-order valence-electron chi connectivity index (χ1n) is 5.10. The number of aromatic nitrogens is 4. The standard InChI is InChI=1S/C10H12N6OS/c1-5-3-4-13-8(6(5)7(11)12)18-10-15-14-9(17)16(10)2/h3-4H,1-2H3,(H3,11,12)(H,14,17). The van der Waals surface area contributed by atoms with Crippen LogP contribution in [0.25, 0.3) is 0 Å². The largest absolute Gasteiger partial charge is 0.384 e. The van der Waals surface area contributed by atoms with Gasteiger partial charge in [-0.3, -0.25) is 9.98 Å². The van der Waals surface area contributed by atoms with E-state index in [9.17, 15) is 4.79 Å². The molecule has 2 rings (SSSR count). The van der Waals surface area contributed by atoms with Crippen LogP contribution in [0.4, 0.5) is 0 Å². The highest BCUT2D eigenvalue weighted by atomic mass is 32.2. The second-order valence-electron chi connectivity index (χ2n) is 3.69. The monoisotopic (exact) mass is 264 g/mol. The highest BCUT2D eigenvalue weighted by Gasteiger charge is 2.14. The lowest BCUT2D eigenvalue weighted by Gasteiger charge is -2.08. The molecule has 7 nitrogen and oxygen atoms in total. The summed E-state index contributed by atoms with van der Waals surface area (Å²) in [6.07, 6.45) is 1.63. The van der Waals surface area contributed by atoms with Gasteiger partial charge < -0.3 is 5.73 Å². The molecule has 8 heteroatoms. The van der Waals surface area contributed by atoms with Gasteiger partial charge in [-0.2, -0.15) is 0 Å². The predicted octanol–water partition coefficient (Wildman–Crippen LogP) is 0.247. The van der Waals surface area contributed by atoms with Gasteiger partial charge in [-0.15, -0.1) is 5.10 Å². The van der Waals surface area contributed by atoms with Crippen molar-refractivity contribution in [2.75, 3.05) is 0 Å². The van der Waals surface area contributed by atoms with Crippen molar-refractivity contribution in [3.05, 3.63) is 33.9 Å². The molecule has 0 aliphatic heterocycles. The molecular weight excluding hydrogens is 252 g/mol. The summed E-state index contributed by atoms with van der Waals surface area (Å²) in [6.45, 7) is 1.85. The number of nitrogen functional groups attached to an aromatic ring is 1. The average molecular weight is 264 g/mol. The Kier molecular flexibility index (Phi) is 3.19. The number of H-pyrrole nitrogens is 1. The number of amidine groups is 1. The number of hydrogen-bond acceptors (Lipinski definition) is 5. The minimum atomic E-state index is -0.297. The van der Waals surface area contributed by atoms with Crippen LogP contribution in [-0.2, 0) is 7.05 Å². The molecule has 0 saturated carbocycles. The first-order chi connectivity index (χ1) is 8.50. The molecule has 0 radical (unpaired) electrons. The minimum absolute atomic E-state index is 0.0522. The van der Waals surface area contributed by atoms with E-state index in [2.05, 4.69) is 15.2 Å². The van der Waals surface area contributed by atoms with Crippen LogP contribution in [0.3, 0.4) is 0 Å². The second kappa shape index (κ2) is 4.65. The summed E-state index contributed by atoms with van der Waals surface area (Å²) in [7, 11) is 1.61. The van der Waals surface area contributed by atoms with Crippen LogP contribution in [0.5, 0.6) is 0 Å². The Hall–Kier alpha value is -2.09. The topological polar surface area (TPSA) is 113 Å². The van der Waals surface area contributed by atoms with Crippen LogP contribution < -0.4 is 11.4 Å². The van der Waals surface area contributed by atoms with Gasteiger partial charge in [0, 0.05) is 13.2 Å². The Bertz CT molecular complexity index is 659. The van der Waals surface area contributed by atoms with Gasteiger partial charge in [0.05, 0.1) is 5.56 Å². The van der Waals surface area contributed by atoms with Crippen molar-refractivity contribution in [3.8, 4) is 0 Å². The minimum Gasteiger partial charge on any atom is -0.384 e. The fourth-order valence-corrected chi connectivity index (χ4v) is 2.42. The van der Waals surface area contributed by atoms with Crippen molar-refractivity contribution in [2.45, 2.75) is 17.1 Å². The zero-order valence-corrected chi connectivity index (χ0v) is 10.7. The lowest BCUT2D eigenvalue weighted by molar-refractivity contribution is 0.764. The first-order valence-corrected chi connectivity index (χ1v) is 5.91. The van der Waals surface area contributed by atoms with Crippen molar-refractivity contribution in [2.24, 2.45) is 12.8 Å². The maximum Gasteiger partial charge on any atom is 0.343 e. The van der Waals surface area contributed by atoms with Crippen LogP contribution >= 0.6 is 11.8 Å². The first kappa shape index (κ1) is 12.4. The number of nitrogens with one attached hydrogen (secondary N) is 2. The van der Waals surface area contributed by atoms with Crippen molar-refractivity contribution in [1.29, 1.82) is 5.41 Å². The lowest BCUT2D eigenvalue weighted by atomic mass is 10.1. The van der Waals surface area contributed by atoms with Crippen molar-refractivity contribution >= 4 is 17.6 Å². The third-order valence-corrected chi connectivity index (χ3v) is 3.47. The van der Waals surface area contributed by atoms with Crippen LogP contribution in [0.2, 0.25) is 0 Å². The van der Waals surface area contributed by atoms with Gasteiger partial charge in [-0.05, 0) is 30.3 Å². The summed E-state index contributed by atoms with van der Waals surface area (Å²) in [5.74, 6) is -0.0522. The Labute approximate surface area is 107 Å². The van der Waals surface area contributed by atoms with Gasteiger partial charge in [-0.25, -0.2) is 14.9 Å². The summed E-state index contributed by atoms with van der Waals surface area (Å²) in [6, 6.07) is 1.78. The molecule has 0 fully saturated rings. The fraction of sp³-hybridized carbons (Fsp3) is 0.200. The Morgan fingerprint density at radius 1 is 1.61 bits per heavy atom. The lowest BCUT2D eigenvalue weighted by Crippen LogP contribution is -2.15. The number of aryl methyl sites for hydroxylation is 1. The SMILES string of the molecule is Cc1ccnc(Sc2n[nH]c(=O)n2C)c1C(=N)N. The van der Waals surface area contributed by atoms with E-state index in [1.807, 2.05) is 6.92 Å². The molecule has 0 unspecified atom stereocenters. The highest BCUT2D eigenvalue weighted by Crippen LogP contribution is 2.27. The highest BCUT2D eigenvalue weighted by molar-refractivity contribution is 7.99. The second-order valence-corrected chi connectivity index (χ2v) is 4.65. The summed E-state index contributed by atoms with van der Waals surface area (Å²) in [4.78, 5) is 15.4. The third-order valence-electron chi connectivity index (χ3n) is 2.42. The van der Waals surface area contributed by atoms with E-state index < -0.39 is 0 Å². The van der Waals surface area contributed by atoms with E-state index >= 15 is 0 Å². The van der Waals surface area contributed by atoms with Crippen molar-refractivity contribution in [1.82, 2.24) is 19.7 Å². The summed E-state index contributed by atoms with van der Waals surface area (Å²) in [5.41, 5.74) is 6.68. The Balaban J connectivity index is 2.47. The molecule has 0 saturated heterocycles. The van der Waals surface area contributed by atoms with E-state index in [-0.39, 0.29) is 11.5 Å². The van der Waals surface area contributed by atoms with Gasteiger partial charge in [-0.1, -0.05) is 0 Å². The zero-order chi connectivity index (χ0) is 13.3. The van der Waals surface area contributed by atoms with E-state index in [4.69, 9.17) is 11.1 Å². The molecule has 0 aliphatic rings. The fourth-order valence-electron chi connectivity index (χ4n) is 1.45. The third kappa shape index (κ3) is 2.14. The summed E-state index contributed by atoms with van der Waals surface area (Å²) >= 11 is 1.19. The van der Waals surface area contributed by atoms with Crippen molar-refractivity contribution < 1.29 is 0 Å². The van der Waals surface area contributed by atoms with Crippen LogP contribution in [0.15, 0.2) is 27.2 Å². The molecule has 2 heterocycles. The van der Waals surface area contributed by atoms with E-state index in [0.717, 1.165) is 5.56 Å². The molecule has 2 aromatic heterocycles. The van der Waals surface area contributed by atoms with E-state index in [1.54, 1.807) is 19.3 Å². The molecule has 0 bridgehead atoms. The van der Waals surface area contributed by atoms with Gasteiger partial charge in [0.1, 0.15) is 10.9 Å². The molecule has 0 spiro atoms. The molecular formula is C10H12N6OS. The molecule has 4 N–H and O–H groups in total. The predicted molar refractivity (Wildman–Crippen MR) is 67.9 cm³/mol. The molecule has 0 atom stereocenters. The van der Waals surface area contributed by atoms with Crippen LogP contribution in [-0.4, -0.2) is 25.6 Å². The van der Waals surface area contributed by atoms with Crippen LogP contribution in [0.1, 0.15) is 11.1 Å². The average Bonchev–Trinajstić information content (AvgIpc) is 2.60. The van der Waals surface area contributed by atoms with Crippen LogP contribution in [0, 0.1) is 12.3 Å². The smallest absolute Gasteiger partial charge is 0.343 e. The quantitative estimate of drug-likeness (QED) is 0.543. The molecule has 0 amide bonds. The maximum atomic E-state index is 11.3. The molecule has 0 aromatic carbocycles. The number of rotatable bonds is 3. The van der Waals surface area contributed by atoms with Gasteiger partial charge in [0.15, 0.2) is 5.16 Å². The number of hydrogen-bond donors (Lipinski definition) is 3. The molecule has 94 valence electrons. The Morgan fingerprint density at radius 3 is 2.89 bits per heavy atom. The molecule has 18 heavy (non-hydrogen) atoms. The van der Waals surface area contributed by atoms with E-state index in [1.165, 1.54) is 16.3 Å². The zero-order valence-electron chi connectivity index (χ0n) is 9.89. The van der Waals surface area contributed by atoms with E-state index in [0.29, 0.717) is 15.7 Å².